The second-order valence-electron chi connectivity index (χ2n) is 9.38. The molecule has 0 saturated heterocycles. The maximum atomic E-state index is 13.3. The molecule has 224 valence electrons. The Balaban J connectivity index is 2.05. The Labute approximate surface area is 239 Å². The van der Waals surface area contributed by atoms with Crippen molar-refractivity contribution in [3.8, 4) is 0 Å². The topological polar surface area (TPSA) is 77.0 Å². The number of hydrogen-bond acceptors (Lipinski definition) is 6. The van der Waals surface area contributed by atoms with Crippen LogP contribution in [0.15, 0.2) is 83.0 Å². The lowest BCUT2D eigenvalue weighted by molar-refractivity contribution is -0.376. The van der Waals surface area contributed by atoms with Gasteiger partial charge in [-0.25, -0.2) is 0 Å². The molecule has 3 N–H and O–H groups in total. The van der Waals surface area contributed by atoms with E-state index >= 15 is 0 Å². The number of amides is 1. The van der Waals surface area contributed by atoms with Gasteiger partial charge in [-0.1, -0.05) is 30.8 Å². The smallest absolute Gasteiger partial charge is 0.369 e. The number of anilines is 1. The Morgan fingerprint density at radius 3 is 2.00 bits per heavy atom. The first-order valence-corrected chi connectivity index (χ1v) is 13.3. The summed E-state index contributed by atoms with van der Waals surface area (Å²) in [7, 11) is 3.36. The maximum absolute atomic E-state index is 13.3. The molecule has 0 aliphatic rings. The first-order valence-electron chi connectivity index (χ1n) is 12.1. The van der Waals surface area contributed by atoms with Crippen LogP contribution in [0.5, 0.6) is 0 Å². The number of benzene rings is 2. The highest BCUT2D eigenvalue weighted by Gasteiger charge is 2.71. The molecule has 0 spiro atoms. The van der Waals surface area contributed by atoms with Gasteiger partial charge < -0.3 is 20.6 Å². The zero-order chi connectivity index (χ0) is 31.2. The molecule has 41 heavy (non-hydrogen) atoms. The predicted octanol–water partition coefficient (Wildman–Crippen LogP) is 6.21. The minimum absolute atomic E-state index is 0.137. The highest BCUT2D eigenvalue weighted by Crippen LogP contribution is 2.50. The molecule has 6 nitrogen and oxygen atoms in total. The van der Waals surface area contributed by atoms with Gasteiger partial charge in [0.2, 0.25) is 5.91 Å². The summed E-state index contributed by atoms with van der Waals surface area (Å²) in [5, 5.41) is 15.3. The monoisotopic (exact) mass is 602 g/mol. The molecule has 0 bridgehead atoms. The molecule has 0 fully saturated rings. The second-order valence-corrected chi connectivity index (χ2v) is 10.3. The number of aliphatic hydroxyl groups is 1. The first kappa shape index (κ1) is 33.9. The average molecular weight is 603 g/mol. The van der Waals surface area contributed by atoms with Gasteiger partial charge in [0, 0.05) is 40.8 Å². The quantitative estimate of drug-likeness (QED) is 0.123. The summed E-state index contributed by atoms with van der Waals surface area (Å²) in [6, 6.07) is 10.7. The molecule has 0 radical (unpaired) electrons. The van der Waals surface area contributed by atoms with Gasteiger partial charge in [0.05, 0.1) is 6.54 Å². The molecule has 2 rings (SSSR count). The van der Waals surface area contributed by atoms with Crippen molar-refractivity contribution in [1.82, 2.24) is 10.2 Å². The van der Waals surface area contributed by atoms with E-state index in [1.807, 2.05) is 30.5 Å². The SMILES string of the molecule is C=C(/C=C\N=C(C)CN(C)C(=O)C(C)(NC)c1ccc(SC)cc1)Nc1ccc(C(O)(C(F)(F)F)C(F)(F)F)cc1. The summed E-state index contributed by atoms with van der Waals surface area (Å²) in [6.07, 6.45) is -7.14. The standard InChI is InChI=1S/C28H32F6N4O2S/c1-18(37-22-11-7-21(8-12-22)26(40,27(29,30)31)28(32,33)34)15-16-36-19(2)17-38(5)24(39)25(3,35-4)20-9-13-23(41-6)14-10-20/h7-16,35,37,40H,1,17H2,2-6H3/b16-15-,36-19?. The van der Waals surface area contributed by atoms with E-state index in [9.17, 15) is 36.2 Å². The van der Waals surface area contributed by atoms with Crippen LogP contribution in [0, 0.1) is 0 Å². The molecule has 0 saturated carbocycles. The molecule has 0 aliphatic heterocycles. The number of hydrogen-bond donors (Lipinski definition) is 3. The lowest BCUT2D eigenvalue weighted by atomic mass is 9.90. The molecule has 1 amide bonds. The van der Waals surface area contributed by atoms with Crippen molar-refractivity contribution < 1.29 is 36.2 Å². The summed E-state index contributed by atoms with van der Waals surface area (Å²) in [4.78, 5) is 20.2. The molecule has 0 aromatic heterocycles. The van der Waals surface area contributed by atoms with E-state index in [4.69, 9.17) is 0 Å². The normalized spacial score (nSPS) is 14.6. The van der Waals surface area contributed by atoms with Gasteiger partial charge in [-0.2, -0.15) is 26.3 Å². The van der Waals surface area contributed by atoms with Crippen LogP contribution in [0.4, 0.5) is 32.0 Å². The largest absolute Gasteiger partial charge is 0.430 e. The molecule has 2 aromatic carbocycles. The Morgan fingerprint density at radius 1 is 1.02 bits per heavy atom. The summed E-state index contributed by atoms with van der Waals surface area (Å²) >= 11 is 1.60. The van der Waals surface area contributed by atoms with Crippen LogP contribution in [0.3, 0.4) is 0 Å². The summed E-state index contributed by atoms with van der Waals surface area (Å²) in [5.41, 5.74) is -5.57. The van der Waals surface area contributed by atoms with Crippen LogP contribution >= 0.6 is 11.8 Å². The van der Waals surface area contributed by atoms with E-state index in [2.05, 4.69) is 22.2 Å². The third-order valence-electron chi connectivity index (χ3n) is 6.41. The van der Waals surface area contributed by atoms with Crippen LogP contribution in [0.25, 0.3) is 0 Å². The van der Waals surface area contributed by atoms with Crippen molar-refractivity contribution in [2.75, 3.05) is 32.2 Å². The molecule has 13 heteroatoms. The lowest BCUT2D eigenvalue weighted by Gasteiger charge is -2.33. The van der Waals surface area contributed by atoms with E-state index < -0.39 is 29.1 Å². The van der Waals surface area contributed by atoms with E-state index in [0.29, 0.717) is 17.8 Å². The number of allylic oxidation sites excluding steroid dienone is 1. The van der Waals surface area contributed by atoms with E-state index in [-0.39, 0.29) is 23.8 Å². The fourth-order valence-electron chi connectivity index (χ4n) is 3.90. The van der Waals surface area contributed by atoms with Crippen molar-refractivity contribution in [2.45, 2.75) is 42.2 Å². The van der Waals surface area contributed by atoms with Gasteiger partial charge in [-0.05, 0) is 63.1 Å². The number of carbonyl (C=O) groups is 1. The van der Waals surface area contributed by atoms with Crippen LogP contribution in [-0.2, 0) is 15.9 Å². The third kappa shape index (κ3) is 7.72. The number of aliphatic imine (C=N–C) groups is 1. The van der Waals surface area contributed by atoms with E-state index in [1.165, 1.54) is 17.2 Å². The number of alkyl halides is 6. The minimum Gasteiger partial charge on any atom is -0.369 e. The van der Waals surface area contributed by atoms with Gasteiger partial charge in [0.15, 0.2) is 0 Å². The highest BCUT2D eigenvalue weighted by molar-refractivity contribution is 7.98. The van der Waals surface area contributed by atoms with Crippen molar-refractivity contribution in [1.29, 1.82) is 0 Å². The first-order chi connectivity index (χ1) is 18.9. The molecule has 1 unspecified atom stereocenters. The van der Waals surface area contributed by atoms with Crippen LogP contribution in [-0.4, -0.2) is 60.9 Å². The number of nitrogens with zero attached hydrogens (tertiary/aromatic N) is 2. The molecule has 2 aromatic rings. The zero-order valence-electron chi connectivity index (χ0n) is 23.1. The highest BCUT2D eigenvalue weighted by atomic mass is 32.2. The molecular formula is C28H32F6N4O2S. The Morgan fingerprint density at radius 2 is 1.54 bits per heavy atom. The van der Waals surface area contributed by atoms with Crippen LogP contribution in [0.2, 0.25) is 0 Å². The fourth-order valence-corrected chi connectivity index (χ4v) is 4.31. The minimum atomic E-state index is -5.97. The van der Waals surface area contributed by atoms with Crippen LogP contribution in [0.1, 0.15) is 25.0 Å². The summed E-state index contributed by atoms with van der Waals surface area (Å²) < 4.78 is 78.3. The van der Waals surface area contributed by atoms with Crippen molar-refractivity contribution in [3.05, 3.63) is 84.2 Å². The summed E-state index contributed by atoms with van der Waals surface area (Å²) in [6.45, 7) is 7.45. The Bertz CT molecular complexity index is 1260. The van der Waals surface area contributed by atoms with Crippen molar-refractivity contribution >= 4 is 29.1 Å². The lowest BCUT2D eigenvalue weighted by Crippen LogP contribution is -2.53. The van der Waals surface area contributed by atoms with Crippen LogP contribution < -0.4 is 10.6 Å². The number of halogens is 6. The van der Waals surface area contributed by atoms with E-state index in [1.54, 1.807) is 39.7 Å². The van der Waals surface area contributed by atoms with Gasteiger partial charge in [0.25, 0.3) is 5.60 Å². The molecular weight excluding hydrogens is 570 g/mol. The second kappa shape index (κ2) is 13.1. The maximum Gasteiger partial charge on any atom is 0.430 e. The number of carbonyl (C=O) groups excluding carboxylic acids is 1. The molecule has 1 atom stereocenters. The number of likely N-dealkylation sites (N-methyl/N-ethyl adjacent to an activating group) is 2. The van der Waals surface area contributed by atoms with Gasteiger partial charge >= 0.3 is 12.4 Å². The molecule has 0 heterocycles. The average Bonchev–Trinajstić information content (AvgIpc) is 2.90. The predicted molar refractivity (Wildman–Crippen MR) is 150 cm³/mol. The fraction of sp³-hybridized carbons (Fsp3) is 0.357. The zero-order valence-corrected chi connectivity index (χ0v) is 23.9. The number of rotatable bonds is 11. The van der Waals surface area contributed by atoms with E-state index in [0.717, 1.165) is 22.6 Å². The van der Waals surface area contributed by atoms with Gasteiger partial charge in [0.1, 0.15) is 5.54 Å². The Hall–Kier alpha value is -3.29. The third-order valence-corrected chi connectivity index (χ3v) is 7.15. The molecule has 0 aliphatic carbocycles. The Kier molecular flexibility index (Phi) is 10.9. The van der Waals surface area contributed by atoms with Crippen molar-refractivity contribution in [3.63, 3.8) is 0 Å². The van der Waals surface area contributed by atoms with Gasteiger partial charge in [-0.3, -0.25) is 9.79 Å². The van der Waals surface area contributed by atoms with Crippen molar-refractivity contribution in [2.24, 2.45) is 4.99 Å². The number of thioether (sulfide) groups is 1. The summed E-state index contributed by atoms with van der Waals surface area (Å²) in [5.74, 6) is -0.173. The van der Waals surface area contributed by atoms with Gasteiger partial charge in [-0.15, -0.1) is 11.8 Å². The number of nitrogens with one attached hydrogen (secondary N) is 2.